The lowest BCUT2D eigenvalue weighted by Gasteiger charge is -2.30. The van der Waals surface area contributed by atoms with Crippen LogP contribution in [0.5, 0.6) is 0 Å². The average molecular weight is 287 g/mol. The summed E-state index contributed by atoms with van der Waals surface area (Å²) in [7, 11) is 0. The summed E-state index contributed by atoms with van der Waals surface area (Å²) < 4.78 is 0. The zero-order chi connectivity index (χ0) is 14.7. The van der Waals surface area contributed by atoms with E-state index in [4.69, 9.17) is 5.73 Å². The summed E-state index contributed by atoms with van der Waals surface area (Å²) in [6, 6.07) is 8.39. The molecule has 4 nitrogen and oxygen atoms in total. The fourth-order valence-electron chi connectivity index (χ4n) is 3.29. The van der Waals surface area contributed by atoms with Crippen molar-refractivity contribution >= 4 is 5.91 Å². The first-order valence-electron chi connectivity index (χ1n) is 8.08. The maximum atomic E-state index is 12.6. The molecule has 0 saturated carbocycles. The van der Waals surface area contributed by atoms with Gasteiger partial charge in [0.25, 0.3) is 5.91 Å². The minimum absolute atomic E-state index is 0.158. The van der Waals surface area contributed by atoms with Gasteiger partial charge in [0, 0.05) is 31.2 Å². The standard InChI is InChI=1S/C17H25N3O/c18-16-6-10-20(11-7-16)17(21)15-5-3-4-14(12-15)13-19-8-1-2-9-19/h3-5,12,16H,1-2,6-11,13,18H2. The lowest BCUT2D eigenvalue weighted by molar-refractivity contribution is 0.0714. The monoisotopic (exact) mass is 287 g/mol. The van der Waals surface area contributed by atoms with Crippen molar-refractivity contribution in [3.63, 3.8) is 0 Å². The number of carbonyl (C=O) groups is 1. The lowest BCUT2D eigenvalue weighted by atomic mass is 10.0. The second-order valence-electron chi connectivity index (χ2n) is 6.31. The molecule has 1 aromatic carbocycles. The van der Waals surface area contributed by atoms with Gasteiger partial charge in [0.05, 0.1) is 0 Å². The van der Waals surface area contributed by atoms with Gasteiger partial charge in [0.2, 0.25) is 0 Å². The number of rotatable bonds is 3. The van der Waals surface area contributed by atoms with Crippen molar-refractivity contribution < 1.29 is 4.79 Å². The van der Waals surface area contributed by atoms with Crippen molar-refractivity contribution in [1.29, 1.82) is 0 Å². The average Bonchev–Trinajstić information content (AvgIpc) is 3.00. The smallest absolute Gasteiger partial charge is 0.253 e. The maximum Gasteiger partial charge on any atom is 0.253 e. The van der Waals surface area contributed by atoms with Crippen LogP contribution in [0.25, 0.3) is 0 Å². The second-order valence-corrected chi connectivity index (χ2v) is 6.31. The fraction of sp³-hybridized carbons (Fsp3) is 0.588. The summed E-state index contributed by atoms with van der Waals surface area (Å²) in [5.74, 6) is 0.158. The van der Waals surface area contributed by atoms with E-state index in [1.807, 2.05) is 17.0 Å². The van der Waals surface area contributed by atoms with E-state index in [1.165, 1.54) is 31.5 Å². The van der Waals surface area contributed by atoms with E-state index in [2.05, 4.69) is 17.0 Å². The van der Waals surface area contributed by atoms with E-state index >= 15 is 0 Å². The topological polar surface area (TPSA) is 49.6 Å². The van der Waals surface area contributed by atoms with Gasteiger partial charge in [-0.15, -0.1) is 0 Å². The molecule has 114 valence electrons. The molecule has 0 aliphatic carbocycles. The normalized spacial score (nSPS) is 20.9. The highest BCUT2D eigenvalue weighted by Crippen LogP contribution is 2.16. The second kappa shape index (κ2) is 6.58. The Kier molecular flexibility index (Phi) is 4.56. The minimum Gasteiger partial charge on any atom is -0.339 e. The van der Waals surface area contributed by atoms with Gasteiger partial charge in [0.1, 0.15) is 0 Å². The Morgan fingerprint density at radius 2 is 1.86 bits per heavy atom. The number of hydrogen-bond donors (Lipinski definition) is 1. The number of benzene rings is 1. The van der Waals surface area contributed by atoms with Crippen LogP contribution in [0, 0.1) is 0 Å². The molecule has 0 radical (unpaired) electrons. The highest BCUT2D eigenvalue weighted by atomic mass is 16.2. The van der Waals surface area contributed by atoms with Crippen molar-refractivity contribution in [2.24, 2.45) is 5.73 Å². The largest absolute Gasteiger partial charge is 0.339 e. The van der Waals surface area contributed by atoms with Crippen LogP contribution in [0.15, 0.2) is 24.3 Å². The predicted octanol–water partition coefficient (Wildman–Crippen LogP) is 1.85. The Bertz CT molecular complexity index is 489. The first-order valence-corrected chi connectivity index (χ1v) is 8.08. The number of likely N-dealkylation sites (tertiary alicyclic amines) is 2. The molecular formula is C17H25N3O. The fourth-order valence-corrected chi connectivity index (χ4v) is 3.29. The van der Waals surface area contributed by atoms with E-state index in [9.17, 15) is 4.79 Å². The van der Waals surface area contributed by atoms with Gasteiger partial charge in [-0.2, -0.15) is 0 Å². The first-order chi connectivity index (χ1) is 10.2. The van der Waals surface area contributed by atoms with Gasteiger partial charge in [0.15, 0.2) is 0 Å². The van der Waals surface area contributed by atoms with Gasteiger partial charge >= 0.3 is 0 Å². The Balaban J connectivity index is 1.65. The van der Waals surface area contributed by atoms with Crippen LogP contribution in [0.4, 0.5) is 0 Å². The van der Waals surface area contributed by atoms with Crippen molar-refractivity contribution in [2.75, 3.05) is 26.2 Å². The summed E-state index contributed by atoms with van der Waals surface area (Å²) in [5.41, 5.74) is 7.98. The molecule has 0 bridgehead atoms. The first kappa shape index (κ1) is 14.5. The molecule has 0 atom stereocenters. The zero-order valence-electron chi connectivity index (χ0n) is 12.6. The molecule has 1 aromatic rings. The molecule has 4 heteroatoms. The van der Waals surface area contributed by atoms with Crippen LogP contribution in [0.3, 0.4) is 0 Å². The third kappa shape index (κ3) is 3.63. The summed E-state index contributed by atoms with van der Waals surface area (Å²) >= 11 is 0. The summed E-state index contributed by atoms with van der Waals surface area (Å²) in [4.78, 5) is 17.0. The van der Waals surface area contributed by atoms with E-state index in [1.54, 1.807) is 0 Å². The minimum atomic E-state index is 0.158. The molecule has 1 amide bonds. The molecule has 2 N–H and O–H groups in total. The van der Waals surface area contributed by atoms with E-state index in [-0.39, 0.29) is 11.9 Å². The van der Waals surface area contributed by atoms with Crippen LogP contribution in [0.1, 0.15) is 41.6 Å². The van der Waals surface area contributed by atoms with Crippen molar-refractivity contribution in [1.82, 2.24) is 9.80 Å². The van der Waals surface area contributed by atoms with Crippen LogP contribution in [-0.2, 0) is 6.54 Å². The van der Waals surface area contributed by atoms with Gasteiger partial charge in [-0.05, 0) is 56.5 Å². The quantitative estimate of drug-likeness (QED) is 0.923. The van der Waals surface area contributed by atoms with Crippen molar-refractivity contribution in [2.45, 2.75) is 38.3 Å². The SMILES string of the molecule is NC1CCN(C(=O)c2cccc(CN3CCCC3)c2)CC1. The zero-order valence-corrected chi connectivity index (χ0v) is 12.6. The van der Waals surface area contributed by atoms with Crippen LogP contribution in [0.2, 0.25) is 0 Å². The number of carbonyl (C=O) groups excluding carboxylic acids is 1. The molecule has 0 spiro atoms. The molecule has 3 rings (SSSR count). The van der Waals surface area contributed by atoms with Crippen LogP contribution < -0.4 is 5.73 Å². The Hall–Kier alpha value is -1.39. The molecule has 2 aliphatic rings. The molecule has 0 unspecified atom stereocenters. The summed E-state index contributed by atoms with van der Waals surface area (Å²) in [6.07, 6.45) is 4.43. The summed E-state index contributed by atoms with van der Waals surface area (Å²) in [6.45, 7) is 4.91. The molecule has 2 heterocycles. The van der Waals surface area contributed by atoms with Crippen LogP contribution >= 0.6 is 0 Å². The van der Waals surface area contributed by atoms with E-state index in [0.717, 1.165) is 38.0 Å². The van der Waals surface area contributed by atoms with Gasteiger partial charge in [-0.3, -0.25) is 9.69 Å². The molecule has 2 aliphatic heterocycles. The predicted molar refractivity (Wildman–Crippen MR) is 84.1 cm³/mol. The van der Waals surface area contributed by atoms with Gasteiger partial charge < -0.3 is 10.6 Å². The summed E-state index contributed by atoms with van der Waals surface area (Å²) in [5, 5.41) is 0. The number of nitrogens with zero attached hydrogens (tertiary/aromatic N) is 2. The Morgan fingerprint density at radius 1 is 1.14 bits per heavy atom. The van der Waals surface area contributed by atoms with Gasteiger partial charge in [-0.1, -0.05) is 12.1 Å². The van der Waals surface area contributed by atoms with Crippen molar-refractivity contribution in [3.05, 3.63) is 35.4 Å². The van der Waals surface area contributed by atoms with Crippen molar-refractivity contribution in [3.8, 4) is 0 Å². The highest BCUT2D eigenvalue weighted by molar-refractivity contribution is 5.94. The highest BCUT2D eigenvalue weighted by Gasteiger charge is 2.22. The molecule has 0 aromatic heterocycles. The molecular weight excluding hydrogens is 262 g/mol. The maximum absolute atomic E-state index is 12.6. The lowest BCUT2D eigenvalue weighted by Crippen LogP contribution is -2.42. The molecule has 2 fully saturated rings. The number of hydrogen-bond acceptors (Lipinski definition) is 3. The third-order valence-electron chi connectivity index (χ3n) is 4.61. The Morgan fingerprint density at radius 3 is 2.57 bits per heavy atom. The number of piperidine rings is 1. The molecule has 2 saturated heterocycles. The van der Waals surface area contributed by atoms with Crippen LogP contribution in [-0.4, -0.2) is 47.9 Å². The van der Waals surface area contributed by atoms with Gasteiger partial charge in [-0.25, -0.2) is 0 Å². The molecule has 21 heavy (non-hydrogen) atoms. The third-order valence-corrected chi connectivity index (χ3v) is 4.61. The van der Waals surface area contributed by atoms with E-state index in [0.29, 0.717) is 0 Å². The Labute approximate surface area is 126 Å². The number of amides is 1. The van der Waals surface area contributed by atoms with E-state index < -0.39 is 0 Å². The number of nitrogens with two attached hydrogens (primary N) is 1.